The molecule has 0 spiro atoms. The fourth-order valence-electron chi connectivity index (χ4n) is 3.14. The quantitative estimate of drug-likeness (QED) is 0.856. The van der Waals surface area contributed by atoms with Crippen molar-refractivity contribution < 1.29 is 0 Å². The molecule has 1 aromatic rings. The zero-order chi connectivity index (χ0) is 12.3. The fourth-order valence-corrected chi connectivity index (χ4v) is 3.27. The van der Waals surface area contributed by atoms with Gasteiger partial charge in [0.15, 0.2) is 0 Å². The third-order valence-electron chi connectivity index (χ3n) is 4.22. The molecule has 17 heavy (non-hydrogen) atoms. The maximum absolute atomic E-state index is 5.96. The molecule has 3 unspecified atom stereocenters. The third kappa shape index (κ3) is 3.02. The number of hydrogen-bond acceptors (Lipinski definition) is 1. The summed E-state index contributed by atoms with van der Waals surface area (Å²) in [5.41, 5.74) is 7.29. The number of halogens is 1. The Kier molecular flexibility index (Phi) is 4.47. The van der Waals surface area contributed by atoms with Gasteiger partial charge in [-0.3, -0.25) is 0 Å². The van der Waals surface area contributed by atoms with Crippen LogP contribution in [0, 0.1) is 11.8 Å². The van der Waals surface area contributed by atoms with E-state index in [0.29, 0.717) is 11.8 Å². The van der Waals surface area contributed by atoms with Gasteiger partial charge in [0, 0.05) is 5.02 Å². The summed E-state index contributed by atoms with van der Waals surface area (Å²) in [5, 5.41) is 0.827. The molecule has 1 aromatic carbocycles. The van der Waals surface area contributed by atoms with Gasteiger partial charge < -0.3 is 5.73 Å². The van der Waals surface area contributed by atoms with E-state index in [9.17, 15) is 0 Å². The number of nitrogens with two attached hydrogens (primary N) is 1. The van der Waals surface area contributed by atoms with E-state index in [2.05, 4.69) is 19.1 Å². The summed E-state index contributed by atoms with van der Waals surface area (Å²) in [7, 11) is 0. The lowest BCUT2D eigenvalue weighted by Crippen LogP contribution is -2.28. The average molecular weight is 252 g/mol. The highest BCUT2D eigenvalue weighted by Gasteiger charge is 2.29. The van der Waals surface area contributed by atoms with Gasteiger partial charge in [0.2, 0.25) is 0 Å². The highest BCUT2D eigenvalue weighted by Crippen LogP contribution is 2.41. The van der Waals surface area contributed by atoms with Gasteiger partial charge in [-0.2, -0.15) is 0 Å². The Hall–Kier alpha value is -0.530. The number of rotatable bonds is 3. The largest absolute Gasteiger partial charge is 0.330 e. The second-order valence-electron chi connectivity index (χ2n) is 5.32. The summed E-state index contributed by atoms with van der Waals surface area (Å²) in [4.78, 5) is 0. The first-order valence-electron chi connectivity index (χ1n) is 6.68. The van der Waals surface area contributed by atoms with E-state index in [-0.39, 0.29) is 0 Å². The van der Waals surface area contributed by atoms with Crippen molar-refractivity contribution >= 4 is 11.6 Å². The van der Waals surface area contributed by atoms with Crippen molar-refractivity contribution in [3.05, 3.63) is 34.9 Å². The Morgan fingerprint density at radius 2 is 1.88 bits per heavy atom. The minimum Gasteiger partial charge on any atom is -0.330 e. The lowest BCUT2D eigenvalue weighted by atomic mass is 9.70. The Labute approximate surface area is 109 Å². The van der Waals surface area contributed by atoms with Gasteiger partial charge in [-0.05, 0) is 54.8 Å². The average Bonchev–Trinajstić information content (AvgIpc) is 2.39. The standard InChI is InChI=1S/C15H22ClN/c1-11(10-17)14-4-2-3-5-15(14)12-6-8-13(16)9-7-12/h6-9,11,14-15H,2-5,10,17H2,1H3. The summed E-state index contributed by atoms with van der Waals surface area (Å²) in [6.45, 7) is 3.09. The lowest BCUT2D eigenvalue weighted by Gasteiger charge is -2.35. The third-order valence-corrected chi connectivity index (χ3v) is 4.47. The molecule has 1 saturated carbocycles. The van der Waals surface area contributed by atoms with Crippen LogP contribution in [0.5, 0.6) is 0 Å². The molecule has 0 amide bonds. The summed E-state index contributed by atoms with van der Waals surface area (Å²) in [6.07, 6.45) is 5.34. The van der Waals surface area contributed by atoms with Gasteiger partial charge >= 0.3 is 0 Å². The van der Waals surface area contributed by atoms with E-state index in [4.69, 9.17) is 17.3 Å². The molecular formula is C15H22ClN. The highest BCUT2D eigenvalue weighted by atomic mass is 35.5. The molecule has 0 bridgehead atoms. The summed E-state index contributed by atoms with van der Waals surface area (Å²) in [5.74, 6) is 2.05. The van der Waals surface area contributed by atoms with Crippen LogP contribution in [0.1, 0.15) is 44.1 Å². The molecule has 1 fully saturated rings. The minimum atomic E-state index is 0.621. The van der Waals surface area contributed by atoms with Crippen LogP contribution in [-0.4, -0.2) is 6.54 Å². The van der Waals surface area contributed by atoms with Crippen molar-refractivity contribution in [3.8, 4) is 0 Å². The van der Waals surface area contributed by atoms with Crippen molar-refractivity contribution in [2.45, 2.75) is 38.5 Å². The molecule has 1 aliphatic carbocycles. The first-order chi connectivity index (χ1) is 8.22. The van der Waals surface area contributed by atoms with Crippen LogP contribution in [0.3, 0.4) is 0 Å². The molecule has 3 atom stereocenters. The summed E-state index contributed by atoms with van der Waals surface area (Å²) >= 11 is 5.96. The molecule has 0 saturated heterocycles. The molecule has 2 rings (SSSR count). The molecule has 94 valence electrons. The first kappa shape index (κ1) is 12.9. The maximum Gasteiger partial charge on any atom is 0.0406 e. The van der Waals surface area contributed by atoms with Crippen LogP contribution in [0.25, 0.3) is 0 Å². The van der Waals surface area contributed by atoms with Crippen molar-refractivity contribution in [1.29, 1.82) is 0 Å². The zero-order valence-electron chi connectivity index (χ0n) is 10.5. The monoisotopic (exact) mass is 251 g/mol. The van der Waals surface area contributed by atoms with Gasteiger partial charge in [-0.15, -0.1) is 0 Å². The molecule has 0 aromatic heterocycles. The molecular weight excluding hydrogens is 230 g/mol. The van der Waals surface area contributed by atoms with Gasteiger partial charge in [0.05, 0.1) is 0 Å². The van der Waals surface area contributed by atoms with Gasteiger partial charge in [-0.1, -0.05) is 43.5 Å². The number of benzene rings is 1. The molecule has 1 aliphatic rings. The van der Waals surface area contributed by atoms with E-state index in [1.165, 1.54) is 31.2 Å². The van der Waals surface area contributed by atoms with Crippen molar-refractivity contribution in [1.82, 2.24) is 0 Å². The molecule has 2 heteroatoms. The van der Waals surface area contributed by atoms with Crippen LogP contribution in [0.2, 0.25) is 5.02 Å². The lowest BCUT2D eigenvalue weighted by molar-refractivity contribution is 0.230. The zero-order valence-corrected chi connectivity index (χ0v) is 11.3. The summed E-state index contributed by atoms with van der Waals surface area (Å²) in [6, 6.07) is 8.40. The second kappa shape index (κ2) is 5.88. The highest BCUT2D eigenvalue weighted by molar-refractivity contribution is 6.30. The van der Waals surface area contributed by atoms with E-state index in [1.807, 2.05) is 12.1 Å². The second-order valence-corrected chi connectivity index (χ2v) is 5.76. The molecule has 0 heterocycles. The van der Waals surface area contributed by atoms with Gasteiger partial charge in [0.1, 0.15) is 0 Å². The van der Waals surface area contributed by atoms with E-state index in [1.54, 1.807) is 0 Å². The Morgan fingerprint density at radius 3 is 2.53 bits per heavy atom. The molecule has 0 radical (unpaired) electrons. The van der Waals surface area contributed by atoms with Crippen molar-refractivity contribution in [3.63, 3.8) is 0 Å². The minimum absolute atomic E-state index is 0.621. The van der Waals surface area contributed by atoms with Gasteiger partial charge in [-0.25, -0.2) is 0 Å². The van der Waals surface area contributed by atoms with Crippen LogP contribution >= 0.6 is 11.6 Å². The molecule has 1 nitrogen and oxygen atoms in total. The molecule has 0 aliphatic heterocycles. The Morgan fingerprint density at radius 1 is 1.24 bits per heavy atom. The number of hydrogen-bond donors (Lipinski definition) is 1. The van der Waals surface area contributed by atoms with Crippen LogP contribution in [0.4, 0.5) is 0 Å². The maximum atomic E-state index is 5.96. The van der Waals surface area contributed by atoms with Crippen molar-refractivity contribution in [2.24, 2.45) is 17.6 Å². The van der Waals surface area contributed by atoms with E-state index in [0.717, 1.165) is 17.5 Å². The van der Waals surface area contributed by atoms with Crippen molar-refractivity contribution in [2.75, 3.05) is 6.54 Å². The predicted molar refractivity (Wildman–Crippen MR) is 74.4 cm³/mol. The molecule has 2 N–H and O–H groups in total. The van der Waals surface area contributed by atoms with Crippen LogP contribution in [-0.2, 0) is 0 Å². The van der Waals surface area contributed by atoms with E-state index < -0.39 is 0 Å². The van der Waals surface area contributed by atoms with E-state index >= 15 is 0 Å². The topological polar surface area (TPSA) is 26.0 Å². The van der Waals surface area contributed by atoms with Gasteiger partial charge in [0.25, 0.3) is 0 Å². The van der Waals surface area contributed by atoms with Crippen LogP contribution < -0.4 is 5.73 Å². The predicted octanol–water partition coefficient (Wildman–Crippen LogP) is 4.21. The SMILES string of the molecule is CC(CN)C1CCCCC1c1ccc(Cl)cc1. The van der Waals surface area contributed by atoms with Crippen LogP contribution in [0.15, 0.2) is 24.3 Å². The summed E-state index contributed by atoms with van der Waals surface area (Å²) < 4.78 is 0. The fraction of sp³-hybridized carbons (Fsp3) is 0.600. The Balaban J connectivity index is 2.18. The Bertz CT molecular complexity index is 346. The normalized spacial score (nSPS) is 26.8. The first-order valence-corrected chi connectivity index (χ1v) is 7.05. The smallest absolute Gasteiger partial charge is 0.0406 e.